The van der Waals surface area contributed by atoms with Crippen LogP contribution in [0.4, 0.5) is 5.69 Å². The van der Waals surface area contributed by atoms with Gasteiger partial charge in [0.2, 0.25) is 6.65 Å². The molecule has 0 N–H and O–H groups in total. The maximum absolute atomic E-state index is 11.9. The molecule has 1 aromatic rings. The third-order valence-corrected chi connectivity index (χ3v) is 5.34. The number of nitrogens with zero attached hydrogens (tertiary/aromatic N) is 2. The van der Waals surface area contributed by atoms with Crippen molar-refractivity contribution < 1.29 is 9.49 Å². The molecule has 0 fully saturated rings. The maximum atomic E-state index is 11.9. The molecule has 0 aromatic heterocycles. The lowest BCUT2D eigenvalue weighted by molar-refractivity contribution is -0.384. The van der Waals surface area contributed by atoms with Gasteiger partial charge in [0.15, 0.2) is 0 Å². The zero-order valence-corrected chi connectivity index (χ0v) is 10.6. The highest BCUT2D eigenvalue weighted by atomic mass is 35.7. The van der Waals surface area contributed by atoms with Crippen LogP contribution < -0.4 is 0 Å². The van der Waals surface area contributed by atoms with Crippen LogP contribution in [0.3, 0.4) is 0 Å². The van der Waals surface area contributed by atoms with Gasteiger partial charge in [0.1, 0.15) is 0 Å². The first kappa shape index (κ1) is 13.2. The van der Waals surface area contributed by atoms with E-state index in [1.165, 1.54) is 16.8 Å². The molecule has 1 rings (SSSR count). The van der Waals surface area contributed by atoms with Crippen molar-refractivity contribution in [2.24, 2.45) is 0 Å². The molecule has 88 valence electrons. The molecule has 0 heterocycles. The molecule has 0 spiro atoms. The monoisotopic (exact) mass is 262 g/mol. The van der Waals surface area contributed by atoms with Gasteiger partial charge in [0.25, 0.3) is 5.69 Å². The van der Waals surface area contributed by atoms with Crippen molar-refractivity contribution in [3.05, 3.63) is 39.9 Å². The largest absolute Gasteiger partial charge is 0.289 e. The fourth-order valence-corrected chi connectivity index (χ4v) is 2.45. The number of halogens is 1. The molecule has 0 bridgehead atoms. The van der Waals surface area contributed by atoms with E-state index in [4.69, 9.17) is 11.2 Å². The number of rotatable bonds is 4. The first-order valence-electron chi connectivity index (χ1n) is 4.53. The van der Waals surface area contributed by atoms with Gasteiger partial charge in [0, 0.05) is 12.1 Å². The number of nitro benzene ring substituents is 1. The fraction of sp³-hybridized carbons (Fsp3) is 0.333. The minimum absolute atomic E-state index is 0.0120. The van der Waals surface area contributed by atoms with E-state index in [9.17, 15) is 14.7 Å². The topological polar surface area (TPSA) is 63.5 Å². The predicted molar refractivity (Wildman–Crippen MR) is 63.9 cm³/mol. The van der Waals surface area contributed by atoms with Crippen LogP contribution in [-0.4, -0.2) is 23.7 Å². The lowest BCUT2D eigenvalue weighted by atomic mass is 10.2. The third kappa shape index (κ3) is 3.30. The molecule has 0 aliphatic carbocycles. The van der Waals surface area contributed by atoms with Crippen molar-refractivity contribution in [2.75, 3.05) is 14.1 Å². The lowest BCUT2D eigenvalue weighted by Gasteiger charge is -2.17. The highest BCUT2D eigenvalue weighted by Gasteiger charge is 2.22. The molecule has 0 aliphatic heterocycles. The molecule has 0 radical (unpaired) electrons. The summed E-state index contributed by atoms with van der Waals surface area (Å²) in [6.07, 6.45) is 0.194. The van der Waals surface area contributed by atoms with Crippen molar-refractivity contribution in [2.45, 2.75) is 6.16 Å². The Morgan fingerprint density at radius 3 is 2.25 bits per heavy atom. The fourth-order valence-electron chi connectivity index (χ4n) is 1.09. The summed E-state index contributed by atoms with van der Waals surface area (Å²) in [5.41, 5.74) is 0.732. The van der Waals surface area contributed by atoms with Crippen LogP contribution in [0.1, 0.15) is 5.56 Å². The second-order valence-electron chi connectivity index (χ2n) is 3.55. The second kappa shape index (κ2) is 4.95. The van der Waals surface area contributed by atoms with Crippen LogP contribution in [0.5, 0.6) is 0 Å². The molecule has 5 nitrogen and oxygen atoms in total. The van der Waals surface area contributed by atoms with E-state index in [-0.39, 0.29) is 11.8 Å². The van der Waals surface area contributed by atoms with Gasteiger partial charge in [-0.05, 0) is 30.9 Å². The second-order valence-corrected chi connectivity index (χ2v) is 7.48. The SMILES string of the molecule is CN(C)P(=O)(Cl)Cc1ccc([N+](=O)[O-])cc1. The third-order valence-electron chi connectivity index (χ3n) is 2.12. The van der Waals surface area contributed by atoms with Gasteiger partial charge in [-0.2, -0.15) is 0 Å². The van der Waals surface area contributed by atoms with Gasteiger partial charge < -0.3 is 0 Å². The van der Waals surface area contributed by atoms with Gasteiger partial charge in [-0.3, -0.25) is 14.7 Å². The summed E-state index contributed by atoms with van der Waals surface area (Å²) in [5.74, 6) is 0. The number of benzene rings is 1. The van der Waals surface area contributed by atoms with Crippen molar-refractivity contribution in [3.63, 3.8) is 0 Å². The number of hydrogen-bond acceptors (Lipinski definition) is 3. The average molecular weight is 263 g/mol. The Morgan fingerprint density at radius 1 is 1.38 bits per heavy atom. The van der Waals surface area contributed by atoms with Gasteiger partial charge in [0.05, 0.1) is 11.1 Å². The van der Waals surface area contributed by atoms with E-state index in [0.29, 0.717) is 0 Å². The van der Waals surface area contributed by atoms with E-state index in [1.807, 2.05) is 0 Å². The molecule has 0 aliphatic rings. The molecule has 1 atom stereocenters. The summed E-state index contributed by atoms with van der Waals surface area (Å²) in [6, 6.07) is 5.89. The number of hydrogen-bond donors (Lipinski definition) is 0. The van der Waals surface area contributed by atoms with Crippen LogP contribution in [0.25, 0.3) is 0 Å². The van der Waals surface area contributed by atoms with E-state index < -0.39 is 11.6 Å². The first-order valence-corrected chi connectivity index (χ1v) is 7.28. The Kier molecular flexibility index (Phi) is 4.08. The Morgan fingerprint density at radius 2 is 1.88 bits per heavy atom. The van der Waals surface area contributed by atoms with Gasteiger partial charge in [-0.1, -0.05) is 12.1 Å². The molecule has 0 saturated heterocycles. The minimum Gasteiger partial charge on any atom is -0.289 e. The normalized spacial score (nSPS) is 14.8. The van der Waals surface area contributed by atoms with Crippen molar-refractivity contribution in [1.29, 1.82) is 0 Å². The smallest absolute Gasteiger partial charge is 0.269 e. The Balaban J connectivity index is 2.84. The highest BCUT2D eigenvalue weighted by Crippen LogP contribution is 2.55. The molecule has 0 saturated carbocycles. The molecule has 7 heteroatoms. The highest BCUT2D eigenvalue weighted by molar-refractivity contribution is 7.86. The van der Waals surface area contributed by atoms with E-state index >= 15 is 0 Å². The summed E-state index contributed by atoms with van der Waals surface area (Å²) in [6.45, 7) is -2.89. The van der Waals surface area contributed by atoms with Crippen molar-refractivity contribution >= 4 is 23.6 Å². The zero-order valence-electron chi connectivity index (χ0n) is 8.96. The van der Waals surface area contributed by atoms with Crippen molar-refractivity contribution in [1.82, 2.24) is 4.67 Å². The van der Waals surface area contributed by atoms with Gasteiger partial charge in [-0.25, -0.2) is 4.67 Å². The molecular formula is C9H12ClN2O3P. The van der Waals surface area contributed by atoms with Crippen LogP contribution in [0.15, 0.2) is 24.3 Å². The number of nitro groups is 1. The Hall–Kier alpha value is -0.900. The Labute approximate surface area is 98.4 Å². The van der Waals surface area contributed by atoms with Gasteiger partial charge >= 0.3 is 0 Å². The van der Waals surface area contributed by atoms with Crippen LogP contribution in [0.2, 0.25) is 0 Å². The summed E-state index contributed by atoms with van der Waals surface area (Å²) >= 11 is 5.86. The standard InChI is InChI=1S/C9H12ClN2O3P/c1-11(2)16(10,15)7-8-3-5-9(6-4-8)12(13)14/h3-6H,7H2,1-2H3. The summed E-state index contributed by atoms with van der Waals surface area (Å²) in [7, 11) is 3.28. The van der Waals surface area contributed by atoms with Crippen LogP contribution >= 0.6 is 17.9 Å². The summed E-state index contributed by atoms with van der Waals surface area (Å²) in [4.78, 5) is 9.95. The van der Waals surface area contributed by atoms with E-state index in [1.54, 1.807) is 26.2 Å². The Bertz CT molecular complexity index is 433. The molecule has 16 heavy (non-hydrogen) atoms. The van der Waals surface area contributed by atoms with Crippen molar-refractivity contribution in [3.8, 4) is 0 Å². The van der Waals surface area contributed by atoms with Crippen LogP contribution in [0, 0.1) is 10.1 Å². The molecule has 0 amide bonds. The summed E-state index contributed by atoms with van der Waals surface area (Å²) in [5, 5.41) is 10.4. The lowest BCUT2D eigenvalue weighted by Crippen LogP contribution is -2.05. The van der Waals surface area contributed by atoms with Gasteiger partial charge in [-0.15, -0.1) is 0 Å². The number of non-ortho nitro benzene ring substituents is 1. The minimum atomic E-state index is -2.89. The average Bonchev–Trinajstić information content (AvgIpc) is 2.17. The molecule has 1 aromatic carbocycles. The zero-order chi connectivity index (χ0) is 12.3. The maximum Gasteiger partial charge on any atom is 0.269 e. The van der Waals surface area contributed by atoms with Crippen LogP contribution in [-0.2, 0) is 10.7 Å². The predicted octanol–water partition coefficient (Wildman–Crippen LogP) is 3.09. The quantitative estimate of drug-likeness (QED) is 0.475. The van der Waals surface area contributed by atoms with E-state index in [2.05, 4.69) is 0 Å². The molecule has 1 unspecified atom stereocenters. The summed E-state index contributed by atoms with van der Waals surface area (Å²) < 4.78 is 13.3. The van der Waals surface area contributed by atoms with E-state index in [0.717, 1.165) is 5.56 Å². The first-order chi connectivity index (χ1) is 7.33. The molecular weight excluding hydrogens is 251 g/mol.